The highest BCUT2D eigenvalue weighted by Gasteiger charge is 2.29. The van der Waals surface area contributed by atoms with E-state index in [1.807, 2.05) is 33.0 Å². The van der Waals surface area contributed by atoms with Crippen LogP contribution in [0.15, 0.2) is 18.5 Å². The Morgan fingerprint density at radius 3 is 2.95 bits per heavy atom. The smallest absolute Gasteiger partial charge is 0.410 e. The monoisotopic (exact) mass is 291 g/mol. The molecule has 116 valence electrons. The van der Waals surface area contributed by atoms with Crippen LogP contribution in [0, 0.1) is 0 Å². The summed E-state index contributed by atoms with van der Waals surface area (Å²) >= 11 is 0. The average molecular weight is 291 g/mol. The van der Waals surface area contributed by atoms with Crippen LogP contribution in [0.25, 0.3) is 0 Å². The van der Waals surface area contributed by atoms with Gasteiger partial charge in [-0.1, -0.05) is 0 Å². The quantitative estimate of drug-likeness (QED) is 0.909. The van der Waals surface area contributed by atoms with Gasteiger partial charge in [-0.05, 0) is 50.8 Å². The van der Waals surface area contributed by atoms with E-state index in [2.05, 4.69) is 4.98 Å². The van der Waals surface area contributed by atoms with Gasteiger partial charge in [0.05, 0.1) is 0 Å². The molecule has 1 aliphatic rings. The molecule has 0 saturated carbocycles. The maximum Gasteiger partial charge on any atom is 0.410 e. The van der Waals surface area contributed by atoms with Crippen LogP contribution in [-0.2, 0) is 11.3 Å². The second-order valence-corrected chi connectivity index (χ2v) is 6.54. The fourth-order valence-electron chi connectivity index (χ4n) is 2.73. The average Bonchev–Trinajstić information content (AvgIpc) is 2.45. The first kappa shape index (κ1) is 15.8. The lowest BCUT2D eigenvalue weighted by Gasteiger charge is -2.34. The molecule has 1 aliphatic heterocycles. The molecule has 1 fully saturated rings. The molecule has 0 aliphatic carbocycles. The van der Waals surface area contributed by atoms with Gasteiger partial charge in [0.15, 0.2) is 0 Å². The molecule has 1 unspecified atom stereocenters. The lowest BCUT2D eigenvalue weighted by atomic mass is 9.88. The topological polar surface area (TPSA) is 68.5 Å². The number of carbonyl (C=O) groups is 1. The van der Waals surface area contributed by atoms with E-state index in [0.29, 0.717) is 19.0 Å². The highest BCUT2D eigenvalue weighted by atomic mass is 16.6. The molecule has 2 rings (SSSR count). The number of carbonyl (C=O) groups excluding carboxylic acids is 1. The fraction of sp³-hybridized carbons (Fsp3) is 0.625. The summed E-state index contributed by atoms with van der Waals surface area (Å²) in [6.07, 6.45) is 5.44. The number of amides is 1. The van der Waals surface area contributed by atoms with Crippen LogP contribution in [0.4, 0.5) is 4.79 Å². The zero-order valence-electron chi connectivity index (χ0n) is 13.1. The molecule has 0 radical (unpaired) electrons. The minimum atomic E-state index is -0.455. The third-order valence-corrected chi connectivity index (χ3v) is 3.67. The van der Waals surface area contributed by atoms with Gasteiger partial charge in [0.25, 0.3) is 0 Å². The van der Waals surface area contributed by atoms with Gasteiger partial charge in [0.1, 0.15) is 5.60 Å². The normalized spacial score (nSPS) is 19.4. The summed E-state index contributed by atoms with van der Waals surface area (Å²) in [4.78, 5) is 18.1. The van der Waals surface area contributed by atoms with Crippen molar-refractivity contribution in [2.45, 2.75) is 51.7 Å². The van der Waals surface area contributed by atoms with Gasteiger partial charge in [0, 0.05) is 37.9 Å². The molecule has 2 heterocycles. The van der Waals surface area contributed by atoms with E-state index in [9.17, 15) is 4.79 Å². The molecule has 1 saturated heterocycles. The Bertz CT molecular complexity index is 497. The lowest BCUT2D eigenvalue weighted by molar-refractivity contribution is 0.0198. The number of likely N-dealkylation sites (tertiary alicyclic amines) is 1. The Hall–Kier alpha value is -1.62. The van der Waals surface area contributed by atoms with Crippen molar-refractivity contribution in [2.24, 2.45) is 5.73 Å². The number of aromatic nitrogens is 1. The highest BCUT2D eigenvalue weighted by Crippen LogP contribution is 2.29. The van der Waals surface area contributed by atoms with Crippen LogP contribution >= 0.6 is 0 Å². The van der Waals surface area contributed by atoms with Gasteiger partial charge < -0.3 is 15.4 Å². The van der Waals surface area contributed by atoms with Crippen molar-refractivity contribution in [3.8, 4) is 0 Å². The van der Waals surface area contributed by atoms with E-state index in [1.54, 1.807) is 11.1 Å². The molecule has 2 N–H and O–H groups in total. The van der Waals surface area contributed by atoms with Gasteiger partial charge in [0.2, 0.25) is 0 Å². The van der Waals surface area contributed by atoms with Crippen molar-refractivity contribution in [1.29, 1.82) is 0 Å². The SMILES string of the molecule is CC(C)(C)OC(=O)N1CCCC(c2ccncc2CN)C1. The van der Waals surface area contributed by atoms with Crippen molar-refractivity contribution < 1.29 is 9.53 Å². The first-order valence-corrected chi connectivity index (χ1v) is 7.51. The molecule has 5 heteroatoms. The Morgan fingerprint density at radius 1 is 1.52 bits per heavy atom. The van der Waals surface area contributed by atoms with E-state index in [-0.39, 0.29) is 6.09 Å². The molecular formula is C16H25N3O2. The van der Waals surface area contributed by atoms with Crippen molar-refractivity contribution >= 4 is 6.09 Å². The number of nitrogens with two attached hydrogens (primary N) is 1. The number of hydrogen-bond donors (Lipinski definition) is 1. The van der Waals surface area contributed by atoms with Gasteiger partial charge in [-0.15, -0.1) is 0 Å². The summed E-state index contributed by atoms with van der Waals surface area (Å²) in [6, 6.07) is 2.02. The second kappa shape index (κ2) is 6.43. The zero-order valence-corrected chi connectivity index (χ0v) is 13.1. The van der Waals surface area contributed by atoms with Gasteiger partial charge in [-0.3, -0.25) is 4.98 Å². The molecule has 0 aromatic carbocycles. The molecule has 0 spiro atoms. The maximum absolute atomic E-state index is 12.2. The second-order valence-electron chi connectivity index (χ2n) is 6.54. The van der Waals surface area contributed by atoms with Crippen molar-refractivity contribution in [3.05, 3.63) is 29.6 Å². The number of ether oxygens (including phenoxy) is 1. The number of piperidine rings is 1. The van der Waals surface area contributed by atoms with E-state index < -0.39 is 5.60 Å². The van der Waals surface area contributed by atoms with Crippen LogP contribution < -0.4 is 5.73 Å². The fourth-order valence-corrected chi connectivity index (χ4v) is 2.73. The van der Waals surface area contributed by atoms with E-state index in [1.165, 1.54) is 5.56 Å². The molecule has 1 amide bonds. The van der Waals surface area contributed by atoms with Crippen LogP contribution in [0.5, 0.6) is 0 Å². The van der Waals surface area contributed by atoms with E-state index in [0.717, 1.165) is 24.9 Å². The minimum absolute atomic E-state index is 0.226. The summed E-state index contributed by atoms with van der Waals surface area (Å²) < 4.78 is 5.47. The van der Waals surface area contributed by atoms with Crippen molar-refractivity contribution in [3.63, 3.8) is 0 Å². The number of hydrogen-bond acceptors (Lipinski definition) is 4. The Labute approximate surface area is 126 Å². The molecule has 1 aromatic heterocycles. The first-order valence-electron chi connectivity index (χ1n) is 7.51. The predicted octanol–water partition coefficient (Wildman–Crippen LogP) is 2.65. The number of nitrogens with zero attached hydrogens (tertiary/aromatic N) is 2. The van der Waals surface area contributed by atoms with E-state index >= 15 is 0 Å². The Kier molecular flexibility index (Phi) is 4.83. The predicted molar refractivity (Wildman–Crippen MR) is 81.9 cm³/mol. The number of rotatable bonds is 2. The minimum Gasteiger partial charge on any atom is -0.444 e. The van der Waals surface area contributed by atoms with Crippen LogP contribution in [0.3, 0.4) is 0 Å². The van der Waals surface area contributed by atoms with Crippen molar-refractivity contribution in [2.75, 3.05) is 13.1 Å². The molecule has 1 aromatic rings. The Balaban J connectivity index is 2.09. The highest BCUT2D eigenvalue weighted by molar-refractivity contribution is 5.68. The first-order chi connectivity index (χ1) is 9.90. The van der Waals surface area contributed by atoms with Gasteiger partial charge in [-0.2, -0.15) is 0 Å². The standard InChI is InChI=1S/C16H25N3O2/c1-16(2,3)21-15(20)19-8-4-5-12(11-19)14-6-7-18-10-13(14)9-17/h6-7,10,12H,4-5,8-9,11,17H2,1-3H3. The van der Waals surface area contributed by atoms with Gasteiger partial charge in [-0.25, -0.2) is 4.79 Å². The van der Waals surface area contributed by atoms with Gasteiger partial charge >= 0.3 is 6.09 Å². The molecule has 0 bridgehead atoms. The molecule has 1 atom stereocenters. The molecule has 21 heavy (non-hydrogen) atoms. The Morgan fingerprint density at radius 2 is 2.29 bits per heavy atom. The maximum atomic E-state index is 12.2. The molecule has 5 nitrogen and oxygen atoms in total. The summed E-state index contributed by atoms with van der Waals surface area (Å²) in [5, 5.41) is 0. The lowest BCUT2D eigenvalue weighted by Crippen LogP contribution is -2.42. The van der Waals surface area contributed by atoms with E-state index in [4.69, 9.17) is 10.5 Å². The third kappa shape index (κ3) is 4.17. The molecular weight excluding hydrogens is 266 g/mol. The van der Waals surface area contributed by atoms with Crippen LogP contribution in [0.1, 0.15) is 50.7 Å². The number of pyridine rings is 1. The summed E-state index contributed by atoms with van der Waals surface area (Å²) in [5.74, 6) is 0.313. The zero-order chi connectivity index (χ0) is 15.5. The van der Waals surface area contributed by atoms with Crippen molar-refractivity contribution in [1.82, 2.24) is 9.88 Å². The largest absolute Gasteiger partial charge is 0.444 e. The third-order valence-electron chi connectivity index (χ3n) is 3.67. The summed E-state index contributed by atoms with van der Waals surface area (Å²) in [5.41, 5.74) is 7.61. The summed E-state index contributed by atoms with van der Waals surface area (Å²) in [7, 11) is 0. The van der Waals surface area contributed by atoms with Crippen LogP contribution in [0.2, 0.25) is 0 Å². The summed E-state index contributed by atoms with van der Waals surface area (Å²) in [6.45, 7) is 7.59. The van der Waals surface area contributed by atoms with Crippen LogP contribution in [-0.4, -0.2) is 34.7 Å².